The third kappa shape index (κ3) is 3.37. The molecule has 0 radical (unpaired) electrons. The van der Waals surface area contributed by atoms with Crippen LogP contribution in [-0.2, 0) is 14.8 Å². The molecule has 2 fully saturated rings. The van der Waals surface area contributed by atoms with Gasteiger partial charge in [0.2, 0.25) is 10.0 Å². The molecular formula is C16H24N2O4S2. The van der Waals surface area contributed by atoms with E-state index in [2.05, 4.69) is 0 Å². The Bertz CT molecular complexity index is 679. The van der Waals surface area contributed by atoms with Gasteiger partial charge in [-0.2, -0.15) is 11.3 Å². The molecule has 1 atom stereocenters. The Morgan fingerprint density at radius 3 is 2.67 bits per heavy atom. The zero-order valence-electron chi connectivity index (χ0n) is 14.1. The maximum absolute atomic E-state index is 12.5. The predicted octanol–water partition coefficient (Wildman–Crippen LogP) is 1.51. The number of thiophene rings is 1. The van der Waals surface area contributed by atoms with E-state index in [0.29, 0.717) is 32.8 Å². The van der Waals surface area contributed by atoms with Crippen molar-refractivity contribution in [2.45, 2.75) is 12.8 Å². The molecule has 8 heteroatoms. The number of hydrogen-bond donors (Lipinski definition) is 0. The molecule has 0 aliphatic carbocycles. The summed E-state index contributed by atoms with van der Waals surface area (Å²) in [5.74, 6) is 0.267. The molecule has 1 aromatic heterocycles. The van der Waals surface area contributed by atoms with E-state index >= 15 is 0 Å². The van der Waals surface area contributed by atoms with E-state index in [4.69, 9.17) is 4.74 Å². The highest BCUT2D eigenvalue weighted by Gasteiger charge is 2.50. The Hall–Kier alpha value is -0.960. The minimum Gasteiger partial charge on any atom is -0.384 e. The van der Waals surface area contributed by atoms with Crippen molar-refractivity contribution in [2.75, 3.05) is 46.2 Å². The lowest BCUT2D eigenvalue weighted by Gasteiger charge is -2.42. The largest absolute Gasteiger partial charge is 0.384 e. The van der Waals surface area contributed by atoms with Crippen LogP contribution in [0.2, 0.25) is 0 Å². The molecule has 0 bridgehead atoms. The molecule has 2 aliphatic heterocycles. The van der Waals surface area contributed by atoms with Crippen LogP contribution in [0, 0.1) is 11.3 Å². The van der Waals surface area contributed by atoms with Crippen molar-refractivity contribution in [2.24, 2.45) is 11.3 Å². The molecule has 2 saturated heterocycles. The quantitative estimate of drug-likeness (QED) is 0.803. The summed E-state index contributed by atoms with van der Waals surface area (Å²) in [6.45, 7) is 2.97. The number of piperidine rings is 1. The van der Waals surface area contributed by atoms with Crippen LogP contribution in [0.5, 0.6) is 0 Å². The zero-order valence-corrected chi connectivity index (χ0v) is 15.7. The fourth-order valence-corrected chi connectivity index (χ4v) is 5.53. The van der Waals surface area contributed by atoms with Crippen molar-refractivity contribution >= 4 is 27.3 Å². The molecule has 24 heavy (non-hydrogen) atoms. The zero-order chi connectivity index (χ0) is 17.4. The first-order valence-corrected chi connectivity index (χ1v) is 10.9. The fourth-order valence-electron chi connectivity index (χ4n) is 3.96. The number of carbonyl (C=O) groups excluding carboxylic acids is 1. The minimum atomic E-state index is -3.20. The third-order valence-corrected chi connectivity index (χ3v) is 7.33. The standard InChI is InChI=1S/C16H24N2O4S2/c1-22-10-14-9-18(24(2,20)21)12-16(14)4-6-17(7-5-16)15(19)13-3-8-23-11-13/h3,8,11,14H,4-7,9-10,12H2,1-2H3. The van der Waals surface area contributed by atoms with Crippen molar-refractivity contribution in [3.05, 3.63) is 22.4 Å². The molecule has 2 aliphatic rings. The van der Waals surface area contributed by atoms with Gasteiger partial charge in [0.25, 0.3) is 5.91 Å². The normalized spacial score (nSPS) is 24.6. The molecule has 1 aromatic rings. The van der Waals surface area contributed by atoms with Crippen LogP contribution in [-0.4, -0.2) is 69.7 Å². The molecule has 0 N–H and O–H groups in total. The molecule has 3 rings (SSSR count). The number of rotatable bonds is 4. The van der Waals surface area contributed by atoms with Gasteiger partial charge < -0.3 is 9.64 Å². The average Bonchev–Trinajstić information content (AvgIpc) is 3.17. The lowest BCUT2D eigenvalue weighted by Crippen LogP contribution is -2.47. The van der Waals surface area contributed by atoms with E-state index in [-0.39, 0.29) is 17.2 Å². The summed E-state index contributed by atoms with van der Waals surface area (Å²) in [7, 11) is -1.54. The highest BCUT2D eigenvalue weighted by atomic mass is 32.2. The number of carbonyl (C=O) groups is 1. The topological polar surface area (TPSA) is 66.9 Å². The van der Waals surface area contributed by atoms with Gasteiger partial charge in [-0.3, -0.25) is 4.79 Å². The second kappa shape index (κ2) is 6.74. The summed E-state index contributed by atoms with van der Waals surface area (Å²) in [4.78, 5) is 14.4. The molecule has 0 saturated carbocycles. The maximum Gasteiger partial charge on any atom is 0.254 e. The van der Waals surface area contributed by atoms with Crippen molar-refractivity contribution in [1.82, 2.24) is 9.21 Å². The predicted molar refractivity (Wildman–Crippen MR) is 93.7 cm³/mol. The number of sulfonamides is 1. The van der Waals surface area contributed by atoms with E-state index in [1.54, 1.807) is 11.4 Å². The number of methoxy groups -OCH3 is 1. The van der Waals surface area contributed by atoms with Gasteiger partial charge in [-0.05, 0) is 29.7 Å². The molecule has 1 amide bonds. The van der Waals surface area contributed by atoms with Crippen molar-refractivity contribution in [3.8, 4) is 0 Å². The van der Waals surface area contributed by atoms with Crippen molar-refractivity contribution in [1.29, 1.82) is 0 Å². The Labute approximate surface area is 147 Å². The molecule has 1 unspecified atom stereocenters. The summed E-state index contributed by atoms with van der Waals surface area (Å²) in [5, 5.41) is 3.79. The summed E-state index contributed by atoms with van der Waals surface area (Å²) >= 11 is 1.52. The molecule has 1 spiro atoms. The van der Waals surface area contributed by atoms with Gasteiger partial charge in [0, 0.05) is 44.6 Å². The monoisotopic (exact) mass is 372 g/mol. The Balaban J connectivity index is 1.71. The summed E-state index contributed by atoms with van der Waals surface area (Å²) in [6, 6.07) is 1.85. The van der Waals surface area contributed by atoms with E-state index in [0.717, 1.165) is 18.4 Å². The lowest BCUT2D eigenvalue weighted by atomic mass is 9.71. The van der Waals surface area contributed by atoms with Crippen LogP contribution in [0.4, 0.5) is 0 Å². The van der Waals surface area contributed by atoms with Gasteiger partial charge in [-0.1, -0.05) is 0 Å². The number of hydrogen-bond acceptors (Lipinski definition) is 5. The van der Waals surface area contributed by atoms with Gasteiger partial charge in [0.1, 0.15) is 0 Å². The molecule has 0 aromatic carbocycles. The molecule has 6 nitrogen and oxygen atoms in total. The number of amides is 1. The van der Waals surface area contributed by atoms with Crippen molar-refractivity contribution < 1.29 is 17.9 Å². The van der Waals surface area contributed by atoms with E-state index in [9.17, 15) is 13.2 Å². The van der Waals surface area contributed by atoms with Crippen LogP contribution in [0.1, 0.15) is 23.2 Å². The molecular weight excluding hydrogens is 348 g/mol. The SMILES string of the molecule is COCC1CN(S(C)(=O)=O)CC12CCN(C(=O)c1ccsc1)CC2. The molecule has 3 heterocycles. The first-order chi connectivity index (χ1) is 11.4. The summed E-state index contributed by atoms with van der Waals surface area (Å²) in [5.41, 5.74) is 0.665. The highest BCUT2D eigenvalue weighted by Crippen LogP contribution is 2.45. The fraction of sp³-hybridized carbons (Fsp3) is 0.688. The van der Waals surface area contributed by atoms with E-state index in [1.807, 2.05) is 21.7 Å². The first kappa shape index (κ1) is 17.8. The second-order valence-corrected chi connectivity index (χ2v) is 9.64. The van der Waals surface area contributed by atoms with E-state index < -0.39 is 10.0 Å². The van der Waals surface area contributed by atoms with Crippen LogP contribution in [0.15, 0.2) is 16.8 Å². The van der Waals surface area contributed by atoms with Gasteiger partial charge in [-0.25, -0.2) is 12.7 Å². The molecule has 134 valence electrons. The van der Waals surface area contributed by atoms with Gasteiger partial charge in [0.05, 0.1) is 18.4 Å². The third-order valence-electron chi connectivity index (χ3n) is 5.43. The van der Waals surface area contributed by atoms with E-state index in [1.165, 1.54) is 17.6 Å². The lowest BCUT2D eigenvalue weighted by molar-refractivity contribution is 0.0328. The number of ether oxygens (including phenoxy) is 1. The highest BCUT2D eigenvalue weighted by molar-refractivity contribution is 7.88. The smallest absolute Gasteiger partial charge is 0.254 e. The number of likely N-dealkylation sites (tertiary alicyclic amines) is 1. The van der Waals surface area contributed by atoms with Gasteiger partial charge >= 0.3 is 0 Å². The van der Waals surface area contributed by atoms with Gasteiger partial charge in [0.15, 0.2) is 0 Å². The Kier molecular flexibility index (Phi) is 5.01. The Morgan fingerprint density at radius 2 is 2.12 bits per heavy atom. The summed E-state index contributed by atoms with van der Waals surface area (Å²) < 4.78 is 30.8. The van der Waals surface area contributed by atoms with Crippen LogP contribution in [0.3, 0.4) is 0 Å². The van der Waals surface area contributed by atoms with Gasteiger partial charge in [-0.15, -0.1) is 0 Å². The Morgan fingerprint density at radius 1 is 1.42 bits per heavy atom. The first-order valence-electron chi connectivity index (χ1n) is 8.11. The minimum absolute atomic E-state index is 0.0763. The van der Waals surface area contributed by atoms with Crippen molar-refractivity contribution in [3.63, 3.8) is 0 Å². The summed E-state index contributed by atoms with van der Waals surface area (Å²) in [6.07, 6.45) is 2.91. The van der Waals surface area contributed by atoms with Crippen LogP contribution in [0.25, 0.3) is 0 Å². The maximum atomic E-state index is 12.5. The van der Waals surface area contributed by atoms with Crippen LogP contribution >= 0.6 is 11.3 Å². The average molecular weight is 373 g/mol. The van der Waals surface area contributed by atoms with Crippen LogP contribution < -0.4 is 0 Å². The second-order valence-electron chi connectivity index (χ2n) is 6.87. The number of nitrogens with zero attached hydrogens (tertiary/aromatic N) is 2.